The minimum atomic E-state index is -1.87. The molecule has 0 spiro atoms. The van der Waals surface area contributed by atoms with Gasteiger partial charge in [-0.1, -0.05) is 17.5 Å². The normalized spacial score (nSPS) is 22.1. The van der Waals surface area contributed by atoms with Crippen molar-refractivity contribution in [1.82, 2.24) is 5.32 Å². The lowest BCUT2D eigenvalue weighted by atomic mass is 9.93. The van der Waals surface area contributed by atoms with Crippen LogP contribution in [0.25, 0.3) is 0 Å². The van der Waals surface area contributed by atoms with E-state index in [1.165, 1.54) is 19.3 Å². The SMILES string of the molecule is O=S([O-])CCNC1CCC1. The van der Waals surface area contributed by atoms with Crippen LogP contribution in [0.1, 0.15) is 19.3 Å². The maximum Gasteiger partial charge on any atom is 0.0227 e. The van der Waals surface area contributed by atoms with Crippen LogP contribution in [0.4, 0.5) is 0 Å². The van der Waals surface area contributed by atoms with Gasteiger partial charge < -0.3 is 9.87 Å². The maximum atomic E-state index is 10.0. The van der Waals surface area contributed by atoms with Crippen LogP contribution in [-0.4, -0.2) is 27.1 Å². The first-order valence-corrected chi connectivity index (χ1v) is 4.82. The third-order valence-corrected chi connectivity index (χ3v) is 2.34. The molecule has 1 N–H and O–H groups in total. The van der Waals surface area contributed by atoms with Crippen molar-refractivity contribution in [3.05, 3.63) is 0 Å². The fourth-order valence-corrected chi connectivity index (χ4v) is 1.24. The molecule has 3 nitrogen and oxygen atoms in total. The zero-order valence-corrected chi connectivity index (χ0v) is 6.65. The highest BCUT2D eigenvalue weighted by Gasteiger charge is 2.15. The molecular formula is C6H12NO2S-. The smallest absolute Gasteiger partial charge is 0.0227 e. The highest BCUT2D eigenvalue weighted by atomic mass is 32.2. The second-order valence-electron chi connectivity index (χ2n) is 2.59. The zero-order chi connectivity index (χ0) is 7.40. The molecule has 0 bridgehead atoms. The van der Waals surface area contributed by atoms with E-state index in [0.717, 1.165) is 0 Å². The first kappa shape index (κ1) is 8.17. The van der Waals surface area contributed by atoms with Gasteiger partial charge in [-0.3, -0.25) is 4.21 Å². The molecule has 1 atom stereocenters. The summed E-state index contributed by atoms with van der Waals surface area (Å²) < 4.78 is 20.1. The molecule has 1 unspecified atom stereocenters. The van der Waals surface area contributed by atoms with E-state index in [9.17, 15) is 8.76 Å². The number of hydrogen-bond donors (Lipinski definition) is 1. The van der Waals surface area contributed by atoms with Crippen molar-refractivity contribution in [3.8, 4) is 0 Å². The van der Waals surface area contributed by atoms with Crippen molar-refractivity contribution in [2.45, 2.75) is 25.3 Å². The van der Waals surface area contributed by atoms with E-state index >= 15 is 0 Å². The molecule has 0 aliphatic heterocycles. The Morgan fingerprint density at radius 3 is 2.70 bits per heavy atom. The summed E-state index contributed by atoms with van der Waals surface area (Å²) in [6, 6.07) is 0.601. The molecule has 0 aromatic rings. The molecule has 10 heavy (non-hydrogen) atoms. The second-order valence-corrected chi connectivity index (χ2v) is 3.61. The molecule has 0 aromatic carbocycles. The summed E-state index contributed by atoms with van der Waals surface area (Å²) in [4.78, 5) is 0. The van der Waals surface area contributed by atoms with Crippen LogP contribution < -0.4 is 5.32 Å². The molecular weight excluding hydrogens is 150 g/mol. The van der Waals surface area contributed by atoms with Gasteiger partial charge in [0.15, 0.2) is 0 Å². The molecule has 1 rings (SSSR count). The van der Waals surface area contributed by atoms with E-state index in [2.05, 4.69) is 5.32 Å². The van der Waals surface area contributed by atoms with Crippen LogP contribution >= 0.6 is 0 Å². The van der Waals surface area contributed by atoms with Gasteiger partial charge in [-0.15, -0.1) is 0 Å². The minimum absolute atomic E-state index is 0.247. The fraction of sp³-hybridized carbons (Fsp3) is 1.00. The third kappa shape index (κ3) is 2.77. The Morgan fingerprint density at radius 1 is 1.60 bits per heavy atom. The summed E-state index contributed by atoms with van der Waals surface area (Å²) in [5.74, 6) is 0.247. The Morgan fingerprint density at radius 2 is 2.30 bits per heavy atom. The Labute approximate surface area is 63.5 Å². The predicted molar refractivity (Wildman–Crippen MR) is 39.4 cm³/mol. The molecule has 1 fully saturated rings. The Hall–Kier alpha value is 0.0700. The average molecular weight is 162 g/mol. The monoisotopic (exact) mass is 162 g/mol. The van der Waals surface area contributed by atoms with Crippen LogP contribution in [-0.2, 0) is 11.1 Å². The fourth-order valence-electron chi connectivity index (χ4n) is 0.959. The van der Waals surface area contributed by atoms with Gasteiger partial charge in [-0.05, 0) is 12.8 Å². The molecule has 4 heteroatoms. The van der Waals surface area contributed by atoms with Gasteiger partial charge in [0.1, 0.15) is 0 Å². The van der Waals surface area contributed by atoms with E-state index in [0.29, 0.717) is 12.6 Å². The summed E-state index contributed by atoms with van der Waals surface area (Å²) in [6.07, 6.45) is 3.72. The lowest BCUT2D eigenvalue weighted by Gasteiger charge is -2.26. The minimum Gasteiger partial charge on any atom is -0.772 e. The molecule has 60 valence electrons. The zero-order valence-electron chi connectivity index (χ0n) is 5.84. The van der Waals surface area contributed by atoms with E-state index in [1.807, 2.05) is 0 Å². The molecule has 0 radical (unpaired) electrons. The van der Waals surface area contributed by atoms with Crippen molar-refractivity contribution < 1.29 is 8.76 Å². The van der Waals surface area contributed by atoms with Crippen LogP contribution in [0, 0.1) is 0 Å². The van der Waals surface area contributed by atoms with E-state index in [4.69, 9.17) is 0 Å². The van der Waals surface area contributed by atoms with E-state index in [-0.39, 0.29) is 5.75 Å². The van der Waals surface area contributed by atoms with Crippen LogP contribution in [0.15, 0.2) is 0 Å². The van der Waals surface area contributed by atoms with Gasteiger partial charge in [0, 0.05) is 18.3 Å². The van der Waals surface area contributed by atoms with Crippen LogP contribution in [0.3, 0.4) is 0 Å². The van der Waals surface area contributed by atoms with E-state index in [1.54, 1.807) is 0 Å². The van der Waals surface area contributed by atoms with Gasteiger partial charge in [0.25, 0.3) is 0 Å². The van der Waals surface area contributed by atoms with Crippen molar-refractivity contribution in [3.63, 3.8) is 0 Å². The Kier molecular flexibility index (Phi) is 3.31. The Balaban J connectivity index is 1.89. The first-order chi connectivity index (χ1) is 4.79. The molecule has 0 saturated heterocycles. The van der Waals surface area contributed by atoms with Gasteiger partial charge in [-0.2, -0.15) is 0 Å². The van der Waals surface area contributed by atoms with Crippen LogP contribution in [0.2, 0.25) is 0 Å². The summed E-state index contributed by atoms with van der Waals surface area (Å²) in [5.41, 5.74) is 0. The highest BCUT2D eigenvalue weighted by Crippen LogP contribution is 2.17. The summed E-state index contributed by atoms with van der Waals surface area (Å²) in [5, 5.41) is 3.16. The molecule has 0 heterocycles. The largest absolute Gasteiger partial charge is 0.772 e. The van der Waals surface area contributed by atoms with Gasteiger partial charge in [0.05, 0.1) is 0 Å². The predicted octanol–water partition coefficient (Wildman–Crippen LogP) is 0.00760. The first-order valence-electron chi connectivity index (χ1n) is 3.58. The average Bonchev–Trinajstić information content (AvgIpc) is 1.75. The third-order valence-electron chi connectivity index (χ3n) is 1.81. The quantitative estimate of drug-likeness (QED) is 0.592. The summed E-state index contributed by atoms with van der Waals surface area (Å²) in [7, 11) is 0. The van der Waals surface area contributed by atoms with Gasteiger partial charge in [0.2, 0.25) is 0 Å². The highest BCUT2D eigenvalue weighted by molar-refractivity contribution is 7.79. The van der Waals surface area contributed by atoms with Crippen molar-refractivity contribution >= 4 is 11.1 Å². The van der Waals surface area contributed by atoms with E-state index < -0.39 is 11.1 Å². The summed E-state index contributed by atoms with van der Waals surface area (Å²) in [6.45, 7) is 0.612. The maximum absolute atomic E-state index is 10.0. The molecule has 1 aliphatic rings. The topological polar surface area (TPSA) is 52.2 Å². The van der Waals surface area contributed by atoms with Crippen LogP contribution in [0.5, 0.6) is 0 Å². The van der Waals surface area contributed by atoms with Gasteiger partial charge >= 0.3 is 0 Å². The Bertz CT molecular complexity index is 125. The molecule has 0 amide bonds. The van der Waals surface area contributed by atoms with Gasteiger partial charge in [-0.25, -0.2) is 0 Å². The molecule has 1 aliphatic carbocycles. The molecule has 1 saturated carbocycles. The number of hydrogen-bond acceptors (Lipinski definition) is 3. The standard InChI is InChI=1S/C6H13NO2S/c8-10(9)5-4-7-6-2-1-3-6/h6-7H,1-5H2,(H,8,9)/p-1. The lowest BCUT2D eigenvalue weighted by Crippen LogP contribution is -2.37. The van der Waals surface area contributed by atoms with Crippen molar-refractivity contribution in [1.29, 1.82) is 0 Å². The molecule has 0 aromatic heterocycles. The van der Waals surface area contributed by atoms with Crippen molar-refractivity contribution in [2.24, 2.45) is 0 Å². The number of nitrogens with one attached hydrogen (secondary N) is 1. The second kappa shape index (κ2) is 4.05. The van der Waals surface area contributed by atoms with Crippen molar-refractivity contribution in [2.75, 3.05) is 12.3 Å². The summed E-state index contributed by atoms with van der Waals surface area (Å²) >= 11 is -1.87. The lowest BCUT2D eigenvalue weighted by molar-refractivity contribution is 0.346. The number of rotatable bonds is 4.